The second kappa shape index (κ2) is 12.5. The Balaban J connectivity index is 1.20. The molecule has 11 heteroatoms. The average molecular weight is 578 g/mol. The summed E-state index contributed by atoms with van der Waals surface area (Å²) in [6.07, 6.45) is 5.63. The predicted octanol–water partition coefficient (Wildman–Crippen LogP) is 4.15. The molecule has 0 radical (unpaired) electrons. The van der Waals surface area contributed by atoms with Crippen LogP contribution in [0, 0.1) is 18.8 Å². The summed E-state index contributed by atoms with van der Waals surface area (Å²) in [7, 11) is 0. The molecule has 3 aromatic carbocycles. The number of anilines is 1. The van der Waals surface area contributed by atoms with Crippen molar-refractivity contribution in [3.05, 3.63) is 78.0 Å². The third-order valence-corrected chi connectivity index (χ3v) is 8.45. The van der Waals surface area contributed by atoms with Gasteiger partial charge in [0.05, 0.1) is 11.7 Å². The number of aromatic amines is 2. The Morgan fingerprint density at radius 1 is 0.977 bits per heavy atom. The highest BCUT2D eigenvalue weighted by Crippen LogP contribution is 2.32. The molecule has 1 unspecified atom stereocenters. The van der Waals surface area contributed by atoms with Crippen LogP contribution in [0.4, 0.5) is 5.69 Å². The number of aromatic nitrogens is 6. The first-order valence-electron chi connectivity index (χ1n) is 14.7. The Bertz CT molecular complexity index is 1690. The molecule has 43 heavy (non-hydrogen) atoms. The number of carbonyl (C=O) groups is 2. The van der Waals surface area contributed by atoms with Gasteiger partial charge in [0.15, 0.2) is 0 Å². The fourth-order valence-corrected chi connectivity index (χ4v) is 5.93. The minimum Gasteiger partial charge on any atom is -0.344 e. The number of carbonyl (C=O) groups excluding carboxylic acids is 2. The monoisotopic (exact) mass is 577 g/mol. The minimum absolute atomic E-state index is 0.0815. The Morgan fingerprint density at radius 2 is 1.72 bits per heavy atom. The Morgan fingerprint density at radius 3 is 2.42 bits per heavy atom. The molecule has 2 aromatic heterocycles. The molecule has 220 valence electrons. The first kappa shape index (κ1) is 28.2. The maximum atomic E-state index is 13.6. The van der Waals surface area contributed by atoms with Crippen molar-refractivity contribution < 1.29 is 9.59 Å². The molecule has 2 heterocycles. The summed E-state index contributed by atoms with van der Waals surface area (Å²) >= 11 is 0. The molecule has 0 spiro atoms. The number of aryl methyl sites for hydroxylation is 1. The lowest BCUT2D eigenvalue weighted by molar-refractivity contribution is -0.130. The van der Waals surface area contributed by atoms with Crippen LogP contribution >= 0.6 is 0 Å². The van der Waals surface area contributed by atoms with E-state index in [1.54, 1.807) is 12.1 Å². The zero-order chi connectivity index (χ0) is 29.8. The molecule has 6 rings (SSSR count). The number of fused-ring (bicyclic) bond motifs is 1. The number of hydrogen-bond donors (Lipinski definition) is 5. The van der Waals surface area contributed by atoms with Crippen molar-refractivity contribution in [2.24, 2.45) is 17.6 Å². The van der Waals surface area contributed by atoms with Crippen molar-refractivity contribution in [1.29, 1.82) is 0 Å². The van der Waals surface area contributed by atoms with Crippen molar-refractivity contribution in [2.45, 2.75) is 45.1 Å². The number of H-pyrrole nitrogens is 2. The van der Waals surface area contributed by atoms with E-state index in [1.165, 1.54) is 0 Å². The molecule has 1 atom stereocenters. The fourth-order valence-electron chi connectivity index (χ4n) is 5.93. The highest BCUT2D eigenvalue weighted by molar-refractivity contribution is 5.98. The van der Waals surface area contributed by atoms with Gasteiger partial charge in [0.25, 0.3) is 0 Å². The van der Waals surface area contributed by atoms with Gasteiger partial charge >= 0.3 is 0 Å². The van der Waals surface area contributed by atoms with E-state index in [4.69, 9.17) is 5.73 Å². The topological polar surface area (TPSA) is 167 Å². The van der Waals surface area contributed by atoms with Gasteiger partial charge in [-0.05, 0) is 103 Å². The average Bonchev–Trinajstić information content (AvgIpc) is 3.75. The summed E-state index contributed by atoms with van der Waals surface area (Å²) in [5.41, 5.74) is 12.5. The Kier molecular flexibility index (Phi) is 8.23. The van der Waals surface area contributed by atoms with E-state index in [-0.39, 0.29) is 17.7 Å². The summed E-state index contributed by atoms with van der Waals surface area (Å²) in [5, 5.41) is 28.4. The lowest BCUT2D eigenvalue weighted by atomic mass is 9.81. The quantitative estimate of drug-likeness (QED) is 0.175. The van der Waals surface area contributed by atoms with E-state index >= 15 is 0 Å². The lowest BCUT2D eigenvalue weighted by Crippen LogP contribution is -2.48. The van der Waals surface area contributed by atoms with Gasteiger partial charge in [-0.25, -0.2) is 0 Å². The maximum absolute atomic E-state index is 13.6. The fraction of sp³-hybridized carbons (Fsp3) is 0.312. The van der Waals surface area contributed by atoms with Crippen LogP contribution in [-0.4, -0.2) is 55.2 Å². The highest BCUT2D eigenvalue weighted by Gasteiger charge is 2.29. The number of nitrogens with one attached hydrogen (secondary N) is 4. The molecule has 6 N–H and O–H groups in total. The van der Waals surface area contributed by atoms with Gasteiger partial charge in [-0.15, -0.1) is 10.2 Å². The second-order valence-electron chi connectivity index (χ2n) is 11.3. The van der Waals surface area contributed by atoms with Crippen molar-refractivity contribution in [3.8, 4) is 22.5 Å². The molecule has 1 aliphatic carbocycles. The van der Waals surface area contributed by atoms with Crippen LogP contribution in [-0.2, 0) is 16.0 Å². The number of benzene rings is 3. The van der Waals surface area contributed by atoms with E-state index in [0.717, 1.165) is 64.4 Å². The Hall–Kier alpha value is -4.90. The van der Waals surface area contributed by atoms with Crippen molar-refractivity contribution in [2.75, 3.05) is 11.9 Å². The molecule has 2 amide bonds. The zero-order valence-electron chi connectivity index (χ0n) is 24.0. The third-order valence-electron chi connectivity index (χ3n) is 8.45. The summed E-state index contributed by atoms with van der Waals surface area (Å²) in [5.74, 6) is 0.457. The predicted molar refractivity (Wildman–Crippen MR) is 165 cm³/mol. The molecular formula is C32H35N9O2. The lowest BCUT2D eigenvalue weighted by Gasteiger charge is -2.28. The summed E-state index contributed by atoms with van der Waals surface area (Å²) in [6.45, 7) is 2.73. The van der Waals surface area contributed by atoms with Gasteiger partial charge < -0.3 is 16.4 Å². The number of amides is 2. The van der Waals surface area contributed by atoms with Crippen LogP contribution in [0.3, 0.4) is 0 Å². The van der Waals surface area contributed by atoms with Crippen LogP contribution in [0.15, 0.2) is 66.9 Å². The van der Waals surface area contributed by atoms with Gasteiger partial charge in [-0.3, -0.25) is 14.7 Å². The third kappa shape index (κ3) is 6.31. The largest absolute Gasteiger partial charge is 0.344 e. The summed E-state index contributed by atoms with van der Waals surface area (Å²) in [6, 6.07) is 18.7. The molecule has 0 aliphatic heterocycles. The van der Waals surface area contributed by atoms with Gasteiger partial charge in [0, 0.05) is 29.0 Å². The SMILES string of the molecule is Cc1ccc2[nH]ncc2c1-c1ccc(CC(NC(=O)C2CCC(CN)CC2)C(=O)Nc2ccc(-c3nn[nH]n3)cc2)cc1. The molecule has 11 nitrogen and oxygen atoms in total. The molecule has 5 aromatic rings. The normalized spacial score (nSPS) is 17.4. The van der Waals surface area contributed by atoms with E-state index < -0.39 is 6.04 Å². The molecule has 0 bridgehead atoms. The summed E-state index contributed by atoms with van der Waals surface area (Å²) in [4.78, 5) is 27.0. The minimum atomic E-state index is -0.749. The second-order valence-corrected chi connectivity index (χ2v) is 11.3. The van der Waals surface area contributed by atoms with Crippen LogP contribution < -0.4 is 16.4 Å². The number of rotatable bonds is 9. The molecule has 1 fully saturated rings. The van der Waals surface area contributed by atoms with E-state index in [1.807, 2.05) is 36.5 Å². The van der Waals surface area contributed by atoms with Crippen LogP contribution in [0.1, 0.15) is 36.8 Å². The van der Waals surface area contributed by atoms with Crippen LogP contribution in [0.5, 0.6) is 0 Å². The van der Waals surface area contributed by atoms with Crippen molar-refractivity contribution in [1.82, 2.24) is 36.1 Å². The molecule has 1 saturated carbocycles. The van der Waals surface area contributed by atoms with Crippen LogP contribution in [0.25, 0.3) is 33.4 Å². The number of hydrogen-bond acceptors (Lipinski definition) is 7. The van der Waals surface area contributed by atoms with Crippen molar-refractivity contribution in [3.63, 3.8) is 0 Å². The Labute approximate surface area is 249 Å². The number of nitrogens with zero attached hydrogens (tertiary/aromatic N) is 4. The van der Waals surface area contributed by atoms with Gasteiger partial charge in [0.2, 0.25) is 17.6 Å². The molecule has 0 saturated heterocycles. The number of tetrazole rings is 1. The number of nitrogens with two attached hydrogens (primary N) is 1. The van der Waals surface area contributed by atoms with E-state index in [9.17, 15) is 9.59 Å². The van der Waals surface area contributed by atoms with E-state index in [2.05, 4.69) is 66.6 Å². The van der Waals surface area contributed by atoms with Gasteiger partial charge in [-0.1, -0.05) is 30.3 Å². The van der Waals surface area contributed by atoms with Gasteiger partial charge in [0.1, 0.15) is 6.04 Å². The molecule has 1 aliphatic rings. The zero-order valence-corrected chi connectivity index (χ0v) is 24.0. The smallest absolute Gasteiger partial charge is 0.247 e. The van der Waals surface area contributed by atoms with E-state index in [0.29, 0.717) is 30.4 Å². The molecular weight excluding hydrogens is 542 g/mol. The first-order chi connectivity index (χ1) is 21.0. The standard InChI is InChI=1S/C32H35N9O2/c1-19-2-15-27-26(18-34-37-27)29(19)22-7-3-20(4-8-22)16-28(36-31(42)24-9-5-21(17-33)6-10-24)32(43)35-25-13-11-23(12-14-25)30-38-40-41-39-30/h2-4,7-8,11-15,18,21,24,28H,5-6,9-10,16-17,33H2,1H3,(H,34,37)(H,35,43)(H,36,42)(H,38,39,40,41). The van der Waals surface area contributed by atoms with Crippen molar-refractivity contribution >= 4 is 28.4 Å². The van der Waals surface area contributed by atoms with Crippen LogP contribution in [0.2, 0.25) is 0 Å². The highest BCUT2D eigenvalue weighted by atomic mass is 16.2. The maximum Gasteiger partial charge on any atom is 0.247 e. The first-order valence-corrected chi connectivity index (χ1v) is 14.7. The summed E-state index contributed by atoms with van der Waals surface area (Å²) < 4.78 is 0. The van der Waals surface area contributed by atoms with Gasteiger partial charge in [-0.2, -0.15) is 10.3 Å².